The Balaban J connectivity index is 1.92. The Labute approximate surface area is 98.8 Å². The summed E-state index contributed by atoms with van der Waals surface area (Å²) < 4.78 is 1.56. The minimum Gasteiger partial charge on any atom is -0.332 e. The molecule has 92 valence electrons. The first-order valence-electron chi connectivity index (χ1n) is 5.47. The van der Waals surface area contributed by atoms with Gasteiger partial charge in [0, 0.05) is 45.5 Å². The van der Waals surface area contributed by atoms with Crippen LogP contribution in [0.4, 0.5) is 5.82 Å². The Morgan fingerprint density at radius 3 is 2.71 bits per heavy atom. The average molecular weight is 237 g/mol. The van der Waals surface area contributed by atoms with Crippen molar-refractivity contribution in [2.45, 2.75) is 0 Å². The Morgan fingerprint density at radius 2 is 2.12 bits per heavy atom. The molecule has 2 amide bonds. The smallest absolute Gasteiger partial charge is 0.315 e. The number of rotatable bonds is 1. The third-order valence-corrected chi connectivity index (χ3v) is 2.55. The second-order valence-electron chi connectivity index (χ2n) is 3.87. The third kappa shape index (κ3) is 2.82. The zero-order chi connectivity index (χ0) is 12.3. The number of hydrogen-bond donors (Lipinski definition) is 2. The molecule has 7 heteroatoms. The van der Waals surface area contributed by atoms with Gasteiger partial charge in [0.1, 0.15) is 0 Å². The van der Waals surface area contributed by atoms with Crippen molar-refractivity contribution in [3.63, 3.8) is 0 Å². The third-order valence-electron chi connectivity index (χ3n) is 2.55. The summed E-state index contributed by atoms with van der Waals surface area (Å²) in [5.41, 5.74) is 0. The maximum atomic E-state index is 11.8. The van der Waals surface area contributed by atoms with Gasteiger partial charge in [-0.25, -0.2) is 0 Å². The topological polar surface area (TPSA) is 79.3 Å². The first-order valence-corrected chi connectivity index (χ1v) is 5.47. The largest absolute Gasteiger partial charge is 0.332 e. The van der Waals surface area contributed by atoms with Gasteiger partial charge in [0.15, 0.2) is 5.82 Å². The van der Waals surface area contributed by atoms with Gasteiger partial charge in [0.25, 0.3) is 0 Å². The summed E-state index contributed by atoms with van der Waals surface area (Å²) in [5, 5.41) is 9.58. The highest BCUT2D eigenvalue weighted by Crippen LogP contribution is 2.02. The van der Waals surface area contributed by atoms with Crippen LogP contribution < -0.4 is 10.6 Å². The molecular formula is C10H15N5O2. The van der Waals surface area contributed by atoms with Gasteiger partial charge in [-0.3, -0.25) is 14.3 Å². The lowest BCUT2D eigenvalue weighted by atomic mass is 10.3. The molecule has 1 fully saturated rings. The minimum atomic E-state index is -0.634. The molecule has 0 saturated carbocycles. The predicted molar refractivity (Wildman–Crippen MR) is 61.3 cm³/mol. The number of piperazine rings is 1. The summed E-state index contributed by atoms with van der Waals surface area (Å²) in [6, 6.07) is 1.64. The zero-order valence-electron chi connectivity index (χ0n) is 9.64. The van der Waals surface area contributed by atoms with Crippen LogP contribution in [0.2, 0.25) is 0 Å². The Morgan fingerprint density at radius 1 is 1.41 bits per heavy atom. The number of carbonyl (C=O) groups excluding carboxylic acids is 2. The van der Waals surface area contributed by atoms with Crippen molar-refractivity contribution in [1.82, 2.24) is 20.0 Å². The number of aromatic nitrogens is 2. The Bertz CT molecular complexity index is 422. The number of nitrogens with zero attached hydrogens (tertiary/aromatic N) is 3. The maximum absolute atomic E-state index is 11.8. The fraction of sp³-hybridized carbons (Fsp3) is 0.500. The van der Waals surface area contributed by atoms with Crippen LogP contribution in [0.5, 0.6) is 0 Å². The first kappa shape index (κ1) is 11.6. The van der Waals surface area contributed by atoms with Gasteiger partial charge in [-0.05, 0) is 0 Å². The van der Waals surface area contributed by atoms with Gasteiger partial charge in [-0.1, -0.05) is 0 Å². The van der Waals surface area contributed by atoms with Crippen molar-refractivity contribution in [2.75, 3.05) is 31.5 Å². The average Bonchev–Trinajstić information content (AvgIpc) is 2.75. The van der Waals surface area contributed by atoms with E-state index >= 15 is 0 Å². The molecular weight excluding hydrogens is 222 g/mol. The predicted octanol–water partition coefficient (Wildman–Crippen LogP) is -1.21. The fourth-order valence-electron chi connectivity index (χ4n) is 1.66. The standard InChI is InChI=1S/C10H15N5O2/c1-14-5-2-8(13-14)12-9(16)10(17)15-6-3-11-4-7-15/h2,5,11H,3-4,6-7H2,1H3,(H,12,13,16). The molecule has 7 nitrogen and oxygen atoms in total. The molecule has 1 aromatic rings. The van der Waals surface area contributed by atoms with E-state index in [0.29, 0.717) is 18.9 Å². The van der Waals surface area contributed by atoms with E-state index in [9.17, 15) is 9.59 Å². The number of carbonyl (C=O) groups is 2. The van der Waals surface area contributed by atoms with Crippen molar-refractivity contribution < 1.29 is 9.59 Å². The SMILES string of the molecule is Cn1ccc(NC(=O)C(=O)N2CCNCC2)n1. The lowest BCUT2D eigenvalue weighted by molar-refractivity contribution is -0.143. The highest BCUT2D eigenvalue weighted by atomic mass is 16.2. The van der Waals surface area contributed by atoms with Crippen molar-refractivity contribution in [3.8, 4) is 0 Å². The quantitative estimate of drug-likeness (QED) is 0.601. The van der Waals surface area contributed by atoms with E-state index < -0.39 is 11.8 Å². The summed E-state index contributed by atoms with van der Waals surface area (Å²) in [6.07, 6.45) is 1.70. The van der Waals surface area contributed by atoms with E-state index in [1.807, 2.05) is 0 Å². The normalized spacial score (nSPS) is 15.7. The Hall–Kier alpha value is -1.89. The van der Waals surface area contributed by atoms with Crippen LogP contribution in [-0.2, 0) is 16.6 Å². The van der Waals surface area contributed by atoms with E-state index in [1.165, 1.54) is 4.90 Å². The van der Waals surface area contributed by atoms with E-state index in [0.717, 1.165) is 13.1 Å². The summed E-state index contributed by atoms with van der Waals surface area (Å²) in [5.74, 6) is -0.747. The van der Waals surface area contributed by atoms with E-state index in [-0.39, 0.29) is 0 Å². The van der Waals surface area contributed by atoms with E-state index in [4.69, 9.17) is 0 Å². The van der Waals surface area contributed by atoms with Gasteiger partial charge >= 0.3 is 11.8 Å². The molecule has 2 heterocycles. The van der Waals surface area contributed by atoms with Crippen LogP contribution in [0.3, 0.4) is 0 Å². The summed E-state index contributed by atoms with van der Waals surface area (Å²) in [7, 11) is 1.74. The van der Waals surface area contributed by atoms with Crippen LogP contribution in [0.25, 0.3) is 0 Å². The molecule has 0 bridgehead atoms. The summed E-state index contributed by atoms with van der Waals surface area (Å²) >= 11 is 0. The van der Waals surface area contributed by atoms with Gasteiger partial charge in [-0.2, -0.15) is 5.10 Å². The molecule has 1 aromatic heterocycles. The molecule has 0 spiro atoms. The van der Waals surface area contributed by atoms with Crippen LogP contribution in [0.1, 0.15) is 0 Å². The van der Waals surface area contributed by atoms with Gasteiger partial charge in [0.05, 0.1) is 0 Å². The highest BCUT2D eigenvalue weighted by Gasteiger charge is 2.23. The molecule has 0 radical (unpaired) electrons. The minimum absolute atomic E-state index is 0.390. The highest BCUT2D eigenvalue weighted by molar-refractivity contribution is 6.39. The molecule has 17 heavy (non-hydrogen) atoms. The molecule has 1 saturated heterocycles. The monoisotopic (exact) mass is 237 g/mol. The molecule has 0 atom stereocenters. The zero-order valence-corrected chi connectivity index (χ0v) is 9.64. The van der Waals surface area contributed by atoms with Crippen molar-refractivity contribution in [3.05, 3.63) is 12.3 Å². The second kappa shape index (κ2) is 4.96. The first-order chi connectivity index (χ1) is 8.16. The van der Waals surface area contributed by atoms with Crippen molar-refractivity contribution in [1.29, 1.82) is 0 Å². The second-order valence-corrected chi connectivity index (χ2v) is 3.87. The summed E-state index contributed by atoms with van der Waals surface area (Å²) in [6.45, 7) is 2.58. The number of hydrogen-bond acceptors (Lipinski definition) is 4. The van der Waals surface area contributed by atoms with Crippen LogP contribution in [0, 0.1) is 0 Å². The lowest BCUT2D eigenvalue weighted by Gasteiger charge is -2.26. The van der Waals surface area contributed by atoms with Crippen molar-refractivity contribution >= 4 is 17.6 Å². The van der Waals surface area contributed by atoms with Crippen LogP contribution >= 0.6 is 0 Å². The molecule has 0 unspecified atom stereocenters. The number of anilines is 1. The molecule has 1 aliphatic heterocycles. The number of amides is 2. The van der Waals surface area contributed by atoms with E-state index in [2.05, 4.69) is 15.7 Å². The lowest BCUT2D eigenvalue weighted by Crippen LogP contribution is -2.49. The molecule has 0 aliphatic carbocycles. The van der Waals surface area contributed by atoms with E-state index in [1.54, 1.807) is 24.0 Å². The van der Waals surface area contributed by atoms with Gasteiger partial charge in [-0.15, -0.1) is 0 Å². The number of nitrogens with one attached hydrogen (secondary N) is 2. The molecule has 0 aromatic carbocycles. The molecule has 2 rings (SSSR count). The number of aryl methyl sites for hydroxylation is 1. The van der Waals surface area contributed by atoms with Crippen LogP contribution in [0.15, 0.2) is 12.3 Å². The summed E-state index contributed by atoms with van der Waals surface area (Å²) in [4.78, 5) is 24.9. The fourth-order valence-corrected chi connectivity index (χ4v) is 1.66. The van der Waals surface area contributed by atoms with Gasteiger partial charge in [0.2, 0.25) is 0 Å². The van der Waals surface area contributed by atoms with Crippen LogP contribution in [-0.4, -0.2) is 52.7 Å². The maximum Gasteiger partial charge on any atom is 0.315 e. The van der Waals surface area contributed by atoms with Crippen molar-refractivity contribution in [2.24, 2.45) is 7.05 Å². The molecule has 1 aliphatic rings. The Kier molecular flexibility index (Phi) is 3.38. The van der Waals surface area contributed by atoms with Gasteiger partial charge < -0.3 is 15.5 Å². The molecule has 2 N–H and O–H groups in total.